The lowest BCUT2D eigenvalue weighted by molar-refractivity contribution is 0.186. The second-order valence-corrected chi connectivity index (χ2v) is 4.20. The van der Waals surface area contributed by atoms with E-state index in [2.05, 4.69) is 9.97 Å². The normalized spacial score (nSPS) is 20.7. The average molecular weight is 219 g/mol. The molecule has 1 atom stereocenters. The fourth-order valence-corrected chi connectivity index (χ4v) is 2.19. The summed E-state index contributed by atoms with van der Waals surface area (Å²) >= 11 is 0. The van der Waals surface area contributed by atoms with Gasteiger partial charge in [0.25, 0.3) is 0 Å². The van der Waals surface area contributed by atoms with E-state index in [0.717, 1.165) is 24.1 Å². The fraction of sp³-hybridized carbons (Fsp3) is 0.455. The van der Waals surface area contributed by atoms with Gasteiger partial charge >= 0.3 is 5.69 Å². The first kappa shape index (κ1) is 9.59. The molecule has 16 heavy (non-hydrogen) atoms. The van der Waals surface area contributed by atoms with E-state index in [4.69, 9.17) is 4.74 Å². The molecule has 3 rings (SSSR count). The van der Waals surface area contributed by atoms with Crippen LogP contribution in [0.5, 0.6) is 0 Å². The van der Waals surface area contributed by atoms with Gasteiger partial charge in [0, 0.05) is 12.8 Å². The molecule has 1 N–H and O–H groups in total. The van der Waals surface area contributed by atoms with Crippen LogP contribution in [0.15, 0.2) is 17.1 Å². The summed E-state index contributed by atoms with van der Waals surface area (Å²) in [5.74, 6) is 0. The van der Waals surface area contributed by atoms with E-state index in [-0.39, 0.29) is 11.7 Å². The quantitative estimate of drug-likeness (QED) is 0.778. The molecule has 3 heterocycles. The fourth-order valence-electron chi connectivity index (χ4n) is 2.19. The van der Waals surface area contributed by atoms with Gasteiger partial charge in [-0.1, -0.05) is 0 Å². The highest BCUT2D eigenvalue weighted by molar-refractivity contribution is 5.71. The Morgan fingerprint density at radius 1 is 1.62 bits per heavy atom. The number of aromatic nitrogens is 3. The minimum atomic E-state index is -0.0939. The number of aromatic amines is 1. The zero-order valence-electron chi connectivity index (χ0n) is 9.06. The molecule has 5 heteroatoms. The largest absolute Gasteiger partial charge is 0.379 e. The molecule has 1 fully saturated rings. The SMILES string of the molecule is Cc1cnc2[nH]c(=O)n(C3CCOC3)c2c1. The van der Waals surface area contributed by atoms with Crippen LogP contribution in [0.25, 0.3) is 11.2 Å². The monoisotopic (exact) mass is 219 g/mol. The molecular weight excluding hydrogens is 206 g/mol. The summed E-state index contributed by atoms with van der Waals surface area (Å²) in [5, 5.41) is 0. The Bertz CT molecular complexity index is 578. The van der Waals surface area contributed by atoms with E-state index in [1.807, 2.05) is 13.0 Å². The van der Waals surface area contributed by atoms with E-state index in [1.165, 1.54) is 0 Å². The van der Waals surface area contributed by atoms with Crippen LogP contribution in [-0.4, -0.2) is 27.7 Å². The summed E-state index contributed by atoms with van der Waals surface area (Å²) in [6.07, 6.45) is 2.65. The maximum Gasteiger partial charge on any atom is 0.328 e. The molecule has 84 valence electrons. The number of aryl methyl sites for hydroxylation is 1. The molecule has 1 unspecified atom stereocenters. The van der Waals surface area contributed by atoms with Crippen molar-refractivity contribution in [1.29, 1.82) is 0 Å². The number of hydrogen-bond donors (Lipinski definition) is 1. The zero-order chi connectivity index (χ0) is 11.1. The molecule has 2 aromatic heterocycles. The van der Waals surface area contributed by atoms with Crippen LogP contribution in [0.1, 0.15) is 18.0 Å². The van der Waals surface area contributed by atoms with Crippen LogP contribution in [0.3, 0.4) is 0 Å². The van der Waals surface area contributed by atoms with Crippen molar-refractivity contribution in [3.63, 3.8) is 0 Å². The van der Waals surface area contributed by atoms with Crippen molar-refractivity contribution in [3.8, 4) is 0 Å². The Morgan fingerprint density at radius 3 is 3.25 bits per heavy atom. The Morgan fingerprint density at radius 2 is 2.50 bits per heavy atom. The van der Waals surface area contributed by atoms with E-state index >= 15 is 0 Å². The van der Waals surface area contributed by atoms with Crippen LogP contribution in [0.2, 0.25) is 0 Å². The number of hydrogen-bond acceptors (Lipinski definition) is 3. The molecule has 0 spiro atoms. The molecule has 1 saturated heterocycles. The Kier molecular flexibility index (Phi) is 2.07. The van der Waals surface area contributed by atoms with Gasteiger partial charge in [0.2, 0.25) is 0 Å². The van der Waals surface area contributed by atoms with E-state index in [9.17, 15) is 4.79 Å². The smallest absolute Gasteiger partial charge is 0.328 e. The standard InChI is InChI=1S/C11H13N3O2/c1-7-4-9-10(12-5-7)13-11(15)14(9)8-2-3-16-6-8/h4-5,8H,2-3,6H2,1H3,(H,12,13,15). The Labute approximate surface area is 92.1 Å². The van der Waals surface area contributed by atoms with E-state index in [1.54, 1.807) is 10.8 Å². The summed E-state index contributed by atoms with van der Waals surface area (Å²) in [7, 11) is 0. The Hall–Kier alpha value is -1.62. The number of nitrogens with zero attached hydrogens (tertiary/aromatic N) is 2. The second kappa shape index (κ2) is 3.45. The van der Waals surface area contributed by atoms with Crippen molar-refractivity contribution in [2.45, 2.75) is 19.4 Å². The molecule has 0 saturated carbocycles. The van der Waals surface area contributed by atoms with Gasteiger partial charge in [-0.25, -0.2) is 9.78 Å². The molecule has 0 bridgehead atoms. The number of ether oxygens (including phenoxy) is 1. The summed E-state index contributed by atoms with van der Waals surface area (Å²) in [6.45, 7) is 3.31. The van der Waals surface area contributed by atoms with Crippen molar-refractivity contribution >= 4 is 11.2 Å². The summed E-state index contributed by atoms with van der Waals surface area (Å²) in [4.78, 5) is 18.8. The van der Waals surface area contributed by atoms with E-state index in [0.29, 0.717) is 12.3 Å². The minimum Gasteiger partial charge on any atom is -0.379 e. The first-order chi connectivity index (χ1) is 7.75. The third-order valence-corrected chi connectivity index (χ3v) is 2.98. The van der Waals surface area contributed by atoms with Crippen LogP contribution in [-0.2, 0) is 4.74 Å². The van der Waals surface area contributed by atoms with E-state index < -0.39 is 0 Å². The third kappa shape index (κ3) is 1.36. The summed E-state index contributed by atoms with van der Waals surface area (Å²) < 4.78 is 7.09. The lowest BCUT2D eigenvalue weighted by Crippen LogP contribution is -2.22. The van der Waals surface area contributed by atoms with Gasteiger partial charge in [-0.05, 0) is 25.0 Å². The number of imidazole rings is 1. The highest BCUT2D eigenvalue weighted by Crippen LogP contribution is 2.21. The van der Waals surface area contributed by atoms with Crippen molar-refractivity contribution in [1.82, 2.24) is 14.5 Å². The van der Waals surface area contributed by atoms with Crippen molar-refractivity contribution < 1.29 is 4.74 Å². The van der Waals surface area contributed by atoms with Crippen LogP contribution < -0.4 is 5.69 Å². The minimum absolute atomic E-state index is 0.0939. The maximum atomic E-state index is 11.8. The molecule has 0 amide bonds. The predicted octanol–water partition coefficient (Wildman–Crippen LogP) is 0.994. The molecular formula is C11H13N3O2. The van der Waals surface area contributed by atoms with Crippen molar-refractivity contribution in [2.75, 3.05) is 13.2 Å². The molecule has 0 aliphatic carbocycles. The first-order valence-corrected chi connectivity index (χ1v) is 5.40. The van der Waals surface area contributed by atoms with Gasteiger partial charge in [-0.3, -0.25) is 9.55 Å². The average Bonchev–Trinajstić information content (AvgIpc) is 2.83. The third-order valence-electron chi connectivity index (χ3n) is 2.98. The van der Waals surface area contributed by atoms with Crippen LogP contribution in [0, 0.1) is 6.92 Å². The number of fused-ring (bicyclic) bond motifs is 1. The first-order valence-electron chi connectivity index (χ1n) is 5.40. The maximum absolute atomic E-state index is 11.8. The van der Waals surface area contributed by atoms with Gasteiger partial charge in [0.05, 0.1) is 18.2 Å². The highest BCUT2D eigenvalue weighted by Gasteiger charge is 2.22. The number of pyridine rings is 1. The van der Waals surface area contributed by atoms with Gasteiger partial charge in [-0.15, -0.1) is 0 Å². The molecule has 5 nitrogen and oxygen atoms in total. The topological polar surface area (TPSA) is 59.9 Å². The molecule has 0 aromatic carbocycles. The molecule has 1 aliphatic heterocycles. The summed E-state index contributed by atoms with van der Waals surface area (Å²) in [6, 6.07) is 2.13. The van der Waals surface area contributed by atoms with Gasteiger partial charge in [0.15, 0.2) is 5.65 Å². The van der Waals surface area contributed by atoms with Gasteiger partial charge in [-0.2, -0.15) is 0 Å². The predicted molar refractivity (Wildman–Crippen MR) is 59.6 cm³/mol. The van der Waals surface area contributed by atoms with Crippen molar-refractivity contribution in [3.05, 3.63) is 28.3 Å². The Balaban J connectivity index is 2.25. The lowest BCUT2D eigenvalue weighted by Gasteiger charge is -2.09. The second-order valence-electron chi connectivity index (χ2n) is 4.20. The van der Waals surface area contributed by atoms with Crippen molar-refractivity contribution in [2.24, 2.45) is 0 Å². The molecule has 0 radical (unpaired) electrons. The number of H-pyrrole nitrogens is 1. The molecule has 2 aromatic rings. The number of nitrogens with one attached hydrogen (secondary N) is 1. The summed E-state index contributed by atoms with van der Waals surface area (Å²) in [5.41, 5.74) is 2.49. The number of rotatable bonds is 1. The molecule has 1 aliphatic rings. The lowest BCUT2D eigenvalue weighted by atomic mass is 10.2. The van der Waals surface area contributed by atoms with Gasteiger partial charge < -0.3 is 4.74 Å². The van der Waals surface area contributed by atoms with Crippen LogP contribution >= 0.6 is 0 Å². The zero-order valence-corrected chi connectivity index (χ0v) is 9.06. The highest BCUT2D eigenvalue weighted by atomic mass is 16.5. The van der Waals surface area contributed by atoms with Gasteiger partial charge in [0.1, 0.15) is 0 Å². The van der Waals surface area contributed by atoms with Crippen LogP contribution in [0.4, 0.5) is 0 Å².